The Morgan fingerprint density at radius 1 is 1.52 bits per heavy atom. The molecule has 1 unspecified atom stereocenters. The van der Waals surface area contributed by atoms with E-state index in [4.69, 9.17) is 4.74 Å². The summed E-state index contributed by atoms with van der Waals surface area (Å²) in [6, 6.07) is 3.77. The minimum atomic E-state index is -0.250. The molecule has 0 aliphatic carbocycles. The second kappa shape index (κ2) is 7.34. The van der Waals surface area contributed by atoms with Crippen molar-refractivity contribution in [3.05, 3.63) is 32.1 Å². The van der Waals surface area contributed by atoms with Crippen molar-refractivity contribution in [2.24, 2.45) is 0 Å². The van der Waals surface area contributed by atoms with Gasteiger partial charge in [-0.05, 0) is 0 Å². The molecular formula is C15H19NO3SSe. The standard InChI is InChI=1S/C15H19NO3SSe/c1-10-13(6-7-19-12(3)17)20-9-16(10)11(2)15(18)14-5-4-8-21-14/h4-5,8,11H,6-7,9H2,1-3H3. The maximum absolute atomic E-state index is 12.5. The number of ether oxygens (including phenoxy) is 1. The van der Waals surface area contributed by atoms with Crippen LogP contribution in [-0.4, -0.2) is 49.7 Å². The van der Waals surface area contributed by atoms with E-state index in [-0.39, 0.29) is 32.3 Å². The molecule has 6 heteroatoms. The zero-order valence-electron chi connectivity index (χ0n) is 12.4. The Morgan fingerprint density at radius 2 is 2.29 bits per heavy atom. The van der Waals surface area contributed by atoms with Crippen LogP contribution in [-0.2, 0) is 9.53 Å². The summed E-state index contributed by atoms with van der Waals surface area (Å²) in [6.45, 7) is 5.83. The van der Waals surface area contributed by atoms with E-state index in [0.717, 1.165) is 22.4 Å². The fourth-order valence-corrected chi connectivity index (χ4v) is 5.05. The summed E-state index contributed by atoms with van der Waals surface area (Å²) in [6.07, 6.45) is 0.724. The SMILES string of the molecule is CC(=O)OCCC1=C(C)N(C(C)C(=O)c2ccc[se]2)CS1. The zero-order valence-corrected chi connectivity index (χ0v) is 14.9. The Labute approximate surface area is 135 Å². The van der Waals surface area contributed by atoms with Crippen molar-refractivity contribution in [3.63, 3.8) is 0 Å². The molecule has 0 amide bonds. The fraction of sp³-hybridized carbons (Fsp3) is 0.467. The molecule has 1 aliphatic rings. The first-order valence-corrected chi connectivity index (χ1v) is 9.64. The summed E-state index contributed by atoms with van der Waals surface area (Å²) in [5.74, 6) is 0.766. The van der Waals surface area contributed by atoms with E-state index < -0.39 is 0 Å². The van der Waals surface area contributed by atoms with E-state index in [0.29, 0.717) is 6.61 Å². The van der Waals surface area contributed by atoms with Crippen molar-refractivity contribution in [1.82, 2.24) is 4.90 Å². The number of Topliss-reactive ketones (excluding diaryl/α,β-unsaturated/α-hetero) is 1. The van der Waals surface area contributed by atoms with Gasteiger partial charge in [-0.3, -0.25) is 0 Å². The number of allylic oxidation sites excluding steroid dienone is 1. The number of ketones is 1. The van der Waals surface area contributed by atoms with E-state index in [2.05, 4.69) is 9.84 Å². The number of thioether (sulfide) groups is 1. The van der Waals surface area contributed by atoms with Gasteiger partial charge in [0.1, 0.15) is 0 Å². The van der Waals surface area contributed by atoms with E-state index in [9.17, 15) is 9.59 Å². The van der Waals surface area contributed by atoms with Crippen LogP contribution in [0.3, 0.4) is 0 Å². The first-order chi connectivity index (χ1) is 10.0. The molecule has 0 aromatic carbocycles. The van der Waals surface area contributed by atoms with Crippen molar-refractivity contribution >= 4 is 38.0 Å². The summed E-state index contributed by atoms with van der Waals surface area (Å²) in [5.41, 5.74) is 1.13. The van der Waals surface area contributed by atoms with Crippen molar-refractivity contribution in [3.8, 4) is 0 Å². The van der Waals surface area contributed by atoms with Gasteiger partial charge in [-0.25, -0.2) is 0 Å². The number of esters is 1. The van der Waals surface area contributed by atoms with Gasteiger partial charge in [0.15, 0.2) is 0 Å². The Morgan fingerprint density at radius 3 is 2.90 bits per heavy atom. The molecule has 1 aliphatic heterocycles. The molecule has 114 valence electrons. The number of hydrogen-bond donors (Lipinski definition) is 0. The number of carbonyl (C=O) groups is 2. The van der Waals surface area contributed by atoms with E-state index >= 15 is 0 Å². The summed E-state index contributed by atoms with van der Waals surface area (Å²) >= 11 is 1.92. The van der Waals surface area contributed by atoms with Crippen LogP contribution >= 0.6 is 11.8 Å². The summed E-state index contributed by atoms with van der Waals surface area (Å²) in [5, 5.41) is 0. The molecule has 0 saturated heterocycles. The van der Waals surface area contributed by atoms with Crippen LogP contribution < -0.4 is 0 Å². The Kier molecular flexibility index (Phi) is 5.73. The first-order valence-electron chi connectivity index (χ1n) is 6.81. The van der Waals surface area contributed by atoms with Gasteiger partial charge >= 0.3 is 135 Å². The molecule has 1 aromatic rings. The molecule has 0 spiro atoms. The molecular weight excluding hydrogens is 353 g/mol. The van der Waals surface area contributed by atoms with Gasteiger partial charge in [0.05, 0.1) is 0 Å². The molecule has 0 bridgehead atoms. The number of rotatable bonds is 6. The van der Waals surface area contributed by atoms with E-state index in [1.54, 1.807) is 11.8 Å². The predicted molar refractivity (Wildman–Crippen MR) is 85.4 cm³/mol. The van der Waals surface area contributed by atoms with Crippen molar-refractivity contribution < 1.29 is 14.3 Å². The van der Waals surface area contributed by atoms with Crippen molar-refractivity contribution in [2.45, 2.75) is 33.2 Å². The van der Waals surface area contributed by atoms with E-state index in [1.807, 2.05) is 26.0 Å². The molecule has 2 rings (SSSR count). The van der Waals surface area contributed by atoms with Crippen LogP contribution in [0.15, 0.2) is 27.7 Å². The average Bonchev–Trinajstić information content (AvgIpc) is 3.08. The summed E-state index contributed by atoms with van der Waals surface area (Å²) < 4.78 is 5.94. The quantitative estimate of drug-likeness (QED) is 0.436. The van der Waals surface area contributed by atoms with Gasteiger partial charge in [-0.1, -0.05) is 0 Å². The van der Waals surface area contributed by atoms with Gasteiger partial charge in [0, 0.05) is 0 Å². The molecule has 0 radical (unpaired) electrons. The molecule has 2 heterocycles. The van der Waals surface area contributed by atoms with Gasteiger partial charge in [0.2, 0.25) is 0 Å². The number of carbonyl (C=O) groups excluding carboxylic acids is 2. The molecule has 1 aromatic heterocycles. The summed E-state index contributed by atoms with van der Waals surface area (Å²) in [7, 11) is 0. The second-order valence-corrected chi connectivity index (χ2v) is 7.89. The Hall–Kier alpha value is -0.971. The van der Waals surface area contributed by atoms with E-state index in [1.165, 1.54) is 11.8 Å². The van der Waals surface area contributed by atoms with Crippen LogP contribution in [0.5, 0.6) is 0 Å². The number of hydrogen-bond acceptors (Lipinski definition) is 5. The topological polar surface area (TPSA) is 46.6 Å². The van der Waals surface area contributed by atoms with Crippen molar-refractivity contribution in [1.29, 1.82) is 0 Å². The molecule has 0 fully saturated rings. The predicted octanol–water partition coefficient (Wildman–Crippen LogP) is 2.51. The van der Waals surface area contributed by atoms with Crippen LogP contribution in [0.1, 0.15) is 36.4 Å². The van der Waals surface area contributed by atoms with Crippen LogP contribution in [0.25, 0.3) is 0 Å². The molecule has 21 heavy (non-hydrogen) atoms. The molecule has 0 saturated carbocycles. The third kappa shape index (κ3) is 4.02. The van der Waals surface area contributed by atoms with Gasteiger partial charge in [-0.2, -0.15) is 0 Å². The molecule has 4 nitrogen and oxygen atoms in total. The third-order valence-electron chi connectivity index (χ3n) is 3.46. The van der Waals surface area contributed by atoms with Gasteiger partial charge in [-0.15, -0.1) is 0 Å². The third-order valence-corrected chi connectivity index (χ3v) is 6.57. The Bertz CT molecular complexity index is 553. The first kappa shape index (κ1) is 16.4. The average molecular weight is 372 g/mol. The van der Waals surface area contributed by atoms with Gasteiger partial charge < -0.3 is 0 Å². The van der Waals surface area contributed by atoms with Crippen molar-refractivity contribution in [2.75, 3.05) is 12.5 Å². The molecule has 0 N–H and O–H groups in total. The maximum atomic E-state index is 12.5. The van der Waals surface area contributed by atoms with Crippen LogP contribution in [0.4, 0.5) is 0 Å². The molecule has 1 atom stereocenters. The number of nitrogens with zero attached hydrogens (tertiary/aromatic N) is 1. The van der Waals surface area contributed by atoms with Gasteiger partial charge in [0.25, 0.3) is 0 Å². The minimum absolute atomic E-state index is 0.128. The second-order valence-electron chi connectivity index (χ2n) is 4.86. The monoisotopic (exact) mass is 373 g/mol. The van der Waals surface area contributed by atoms with Crippen LogP contribution in [0, 0.1) is 0 Å². The normalized spacial score (nSPS) is 16.2. The fourth-order valence-electron chi connectivity index (χ4n) is 2.22. The zero-order chi connectivity index (χ0) is 15.4. The summed E-state index contributed by atoms with van der Waals surface area (Å²) in [4.78, 5) is 28.7. The van der Waals surface area contributed by atoms with Crippen LogP contribution in [0.2, 0.25) is 0 Å². The Balaban J connectivity index is 1.99.